The minimum Gasteiger partial charge on any atom is -0.377 e. The molecule has 2 atom stereocenters. The normalized spacial score (nSPS) is 34.9. The van der Waals surface area contributed by atoms with Crippen molar-refractivity contribution in [3.05, 3.63) is 0 Å². The monoisotopic (exact) mass is 198 g/mol. The number of nitrogens with zero attached hydrogens (tertiary/aromatic N) is 1. The van der Waals surface area contributed by atoms with Crippen molar-refractivity contribution < 1.29 is 4.74 Å². The summed E-state index contributed by atoms with van der Waals surface area (Å²) in [7, 11) is 2.21. The van der Waals surface area contributed by atoms with Crippen LogP contribution in [0.4, 0.5) is 0 Å². The molecule has 0 aromatic rings. The summed E-state index contributed by atoms with van der Waals surface area (Å²) >= 11 is 0. The van der Waals surface area contributed by atoms with Gasteiger partial charge in [-0.2, -0.15) is 0 Å². The van der Waals surface area contributed by atoms with E-state index in [4.69, 9.17) is 4.74 Å². The highest BCUT2D eigenvalue weighted by Gasteiger charge is 2.20. The molecule has 0 spiro atoms. The Kier molecular flexibility index (Phi) is 3.79. The molecule has 3 heteroatoms. The maximum absolute atomic E-state index is 5.90. The van der Waals surface area contributed by atoms with Crippen molar-refractivity contribution >= 4 is 0 Å². The fourth-order valence-corrected chi connectivity index (χ4v) is 2.45. The molecule has 2 unspecified atom stereocenters. The minimum atomic E-state index is 0.488. The summed E-state index contributed by atoms with van der Waals surface area (Å²) in [5.41, 5.74) is 0. The van der Waals surface area contributed by atoms with E-state index in [2.05, 4.69) is 17.3 Å². The van der Waals surface area contributed by atoms with E-state index in [0.717, 1.165) is 25.6 Å². The second kappa shape index (κ2) is 5.10. The summed E-state index contributed by atoms with van der Waals surface area (Å²) in [4.78, 5) is 2.42. The van der Waals surface area contributed by atoms with Gasteiger partial charge in [0.1, 0.15) is 0 Å². The van der Waals surface area contributed by atoms with Gasteiger partial charge in [-0.05, 0) is 45.3 Å². The van der Waals surface area contributed by atoms with E-state index in [9.17, 15) is 0 Å². The molecule has 0 aliphatic carbocycles. The molecular weight excluding hydrogens is 176 g/mol. The Morgan fingerprint density at radius 2 is 2.36 bits per heavy atom. The molecule has 3 nitrogen and oxygen atoms in total. The standard InChI is InChI=1S/C11H22N2O/c1-13-6-2-3-10(8-13)9-14-11-4-5-12-7-11/h10-12H,2-9H2,1H3. The third kappa shape index (κ3) is 2.94. The van der Waals surface area contributed by atoms with E-state index >= 15 is 0 Å². The topological polar surface area (TPSA) is 24.5 Å². The lowest BCUT2D eigenvalue weighted by Crippen LogP contribution is -2.35. The molecule has 0 amide bonds. The maximum atomic E-state index is 5.90. The molecule has 82 valence electrons. The predicted octanol–water partition coefficient (Wildman–Crippen LogP) is 0.707. The van der Waals surface area contributed by atoms with E-state index in [1.165, 1.54) is 32.4 Å². The second-order valence-corrected chi connectivity index (χ2v) is 4.72. The Balaban J connectivity index is 1.64. The first-order valence-corrected chi connectivity index (χ1v) is 5.85. The molecule has 0 aromatic carbocycles. The average molecular weight is 198 g/mol. The van der Waals surface area contributed by atoms with E-state index in [1.54, 1.807) is 0 Å². The molecule has 2 heterocycles. The van der Waals surface area contributed by atoms with Crippen LogP contribution in [0.3, 0.4) is 0 Å². The first-order chi connectivity index (χ1) is 6.84. The quantitative estimate of drug-likeness (QED) is 0.723. The van der Waals surface area contributed by atoms with Crippen LogP contribution >= 0.6 is 0 Å². The Morgan fingerprint density at radius 1 is 1.43 bits per heavy atom. The van der Waals surface area contributed by atoms with Crippen molar-refractivity contribution in [2.45, 2.75) is 25.4 Å². The van der Waals surface area contributed by atoms with Crippen molar-refractivity contribution in [1.82, 2.24) is 10.2 Å². The van der Waals surface area contributed by atoms with E-state index < -0.39 is 0 Å². The molecule has 2 saturated heterocycles. The number of likely N-dealkylation sites (tertiary alicyclic amines) is 1. The van der Waals surface area contributed by atoms with E-state index in [-0.39, 0.29) is 0 Å². The summed E-state index contributed by atoms with van der Waals surface area (Å²) in [5, 5.41) is 3.33. The van der Waals surface area contributed by atoms with Crippen molar-refractivity contribution in [2.24, 2.45) is 5.92 Å². The highest BCUT2D eigenvalue weighted by Crippen LogP contribution is 2.16. The van der Waals surface area contributed by atoms with Crippen LogP contribution in [0.15, 0.2) is 0 Å². The largest absolute Gasteiger partial charge is 0.377 e. The summed E-state index contributed by atoms with van der Waals surface area (Å²) in [6.45, 7) is 5.65. The van der Waals surface area contributed by atoms with Gasteiger partial charge in [-0.15, -0.1) is 0 Å². The highest BCUT2D eigenvalue weighted by molar-refractivity contribution is 4.74. The van der Waals surface area contributed by atoms with Gasteiger partial charge in [-0.1, -0.05) is 0 Å². The molecule has 2 aliphatic rings. The second-order valence-electron chi connectivity index (χ2n) is 4.72. The lowest BCUT2D eigenvalue weighted by Gasteiger charge is -2.30. The Morgan fingerprint density at radius 3 is 3.07 bits per heavy atom. The molecule has 2 rings (SSSR count). The average Bonchev–Trinajstić information content (AvgIpc) is 2.67. The van der Waals surface area contributed by atoms with Gasteiger partial charge in [0.2, 0.25) is 0 Å². The highest BCUT2D eigenvalue weighted by atomic mass is 16.5. The first kappa shape index (κ1) is 10.4. The number of hydrogen-bond donors (Lipinski definition) is 1. The van der Waals surface area contributed by atoms with Crippen LogP contribution in [-0.4, -0.2) is 50.8 Å². The van der Waals surface area contributed by atoms with Gasteiger partial charge in [0.05, 0.1) is 12.7 Å². The van der Waals surface area contributed by atoms with Crippen molar-refractivity contribution in [2.75, 3.05) is 39.8 Å². The fraction of sp³-hybridized carbons (Fsp3) is 1.00. The third-order valence-electron chi connectivity index (χ3n) is 3.30. The Bertz CT molecular complexity index is 169. The summed E-state index contributed by atoms with van der Waals surface area (Å²) in [5.74, 6) is 0.773. The molecule has 0 saturated carbocycles. The number of piperidine rings is 1. The zero-order valence-corrected chi connectivity index (χ0v) is 9.17. The van der Waals surface area contributed by atoms with Crippen LogP contribution in [0.1, 0.15) is 19.3 Å². The first-order valence-electron chi connectivity index (χ1n) is 5.85. The predicted molar refractivity (Wildman–Crippen MR) is 57.4 cm³/mol. The lowest BCUT2D eigenvalue weighted by molar-refractivity contribution is 0.0222. The number of nitrogens with one attached hydrogen (secondary N) is 1. The van der Waals surface area contributed by atoms with Crippen LogP contribution in [0.25, 0.3) is 0 Å². The minimum absolute atomic E-state index is 0.488. The summed E-state index contributed by atoms with van der Waals surface area (Å²) in [6.07, 6.45) is 4.38. The third-order valence-corrected chi connectivity index (χ3v) is 3.30. The zero-order valence-electron chi connectivity index (χ0n) is 9.17. The molecule has 0 aromatic heterocycles. The fourth-order valence-electron chi connectivity index (χ4n) is 2.45. The van der Waals surface area contributed by atoms with Gasteiger partial charge in [0.15, 0.2) is 0 Å². The number of rotatable bonds is 3. The number of ether oxygens (including phenoxy) is 1. The zero-order chi connectivity index (χ0) is 9.80. The molecule has 2 fully saturated rings. The van der Waals surface area contributed by atoms with E-state index in [1.807, 2.05) is 0 Å². The summed E-state index contributed by atoms with van der Waals surface area (Å²) < 4.78 is 5.90. The molecule has 2 aliphatic heterocycles. The molecule has 0 bridgehead atoms. The lowest BCUT2D eigenvalue weighted by atomic mass is 9.99. The Hall–Kier alpha value is -0.120. The van der Waals surface area contributed by atoms with E-state index in [0.29, 0.717) is 6.10 Å². The van der Waals surface area contributed by atoms with Gasteiger partial charge in [0, 0.05) is 13.1 Å². The molecule has 14 heavy (non-hydrogen) atoms. The molecular formula is C11H22N2O. The Labute approximate surface area is 86.8 Å². The smallest absolute Gasteiger partial charge is 0.0711 e. The van der Waals surface area contributed by atoms with Crippen molar-refractivity contribution in [3.8, 4) is 0 Å². The maximum Gasteiger partial charge on any atom is 0.0711 e. The van der Waals surface area contributed by atoms with Crippen molar-refractivity contribution in [1.29, 1.82) is 0 Å². The van der Waals surface area contributed by atoms with Crippen LogP contribution in [0.2, 0.25) is 0 Å². The van der Waals surface area contributed by atoms with Gasteiger partial charge in [-0.3, -0.25) is 0 Å². The molecule has 1 N–H and O–H groups in total. The van der Waals surface area contributed by atoms with Gasteiger partial charge in [0.25, 0.3) is 0 Å². The van der Waals surface area contributed by atoms with Crippen LogP contribution in [-0.2, 0) is 4.74 Å². The van der Waals surface area contributed by atoms with Gasteiger partial charge in [-0.25, -0.2) is 0 Å². The van der Waals surface area contributed by atoms with Crippen LogP contribution in [0.5, 0.6) is 0 Å². The van der Waals surface area contributed by atoms with Crippen LogP contribution < -0.4 is 5.32 Å². The van der Waals surface area contributed by atoms with Gasteiger partial charge >= 0.3 is 0 Å². The molecule has 0 radical (unpaired) electrons. The van der Waals surface area contributed by atoms with Crippen LogP contribution in [0, 0.1) is 5.92 Å². The number of hydrogen-bond acceptors (Lipinski definition) is 3. The summed E-state index contributed by atoms with van der Waals surface area (Å²) in [6, 6.07) is 0. The van der Waals surface area contributed by atoms with Gasteiger partial charge < -0.3 is 15.0 Å². The SMILES string of the molecule is CN1CCCC(COC2CCNC2)C1. The van der Waals surface area contributed by atoms with Crippen molar-refractivity contribution in [3.63, 3.8) is 0 Å².